The predicted molar refractivity (Wildman–Crippen MR) is 93.3 cm³/mol. The number of hydrogen-bond donors (Lipinski definition) is 0. The second-order valence-electron chi connectivity index (χ2n) is 6.43. The van der Waals surface area contributed by atoms with Gasteiger partial charge < -0.3 is 8.85 Å². The van der Waals surface area contributed by atoms with E-state index in [1.807, 2.05) is 0 Å². The van der Waals surface area contributed by atoms with E-state index in [0.717, 1.165) is 36.8 Å². The van der Waals surface area contributed by atoms with Crippen molar-refractivity contribution in [2.75, 3.05) is 6.61 Å². The van der Waals surface area contributed by atoms with Crippen molar-refractivity contribution in [1.82, 2.24) is 0 Å². The Morgan fingerprint density at radius 3 is 2.05 bits per heavy atom. The van der Waals surface area contributed by atoms with Gasteiger partial charge in [0.1, 0.15) is 5.75 Å². The fraction of sp³-hybridized carbons (Fsp3) is 0.667. The van der Waals surface area contributed by atoms with Crippen molar-refractivity contribution in [3.05, 3.63) is 29.3 Å². The molecule has 120 valence electrons. The topological polar surface area (TPSA) is 18.5 Å². The lowest BCUT2D eigenvalue weighted by atomic mass is 10.1. The Bertz CT molecular complexity index is 405. The van der Waals surface area contributed by atoms with Gasteiger partial charge in [-0.25, -0.2) is 0 Å². The van der Waals surface area contributed by atoms with Crippen LogP contribution in [-0.4, -0.2) is 15.2 Å². The van der Waals surface area contributed by atoms with Crippen LogP contribution in [0.3, 0.4) is 0 Å². The summed E-state index contributed by atoms with van der Waals surface area (Å²) in [5, 5.41) is 0. The van der Waals surface area contributed by atoms with E-state index in [1.165, 1.54) is 17.5 Å². The molecule has 0 aliphatic rings. The van der Waals surface area contributed by atoms with E-state index in [-0.39, 0.29) is 0 Å². The van der Waals surface area contributed by atoms with Gasteiger partial charge in [0.05, 0.1) is 0 Å². The molecule has 0 amide bonds. The zero-order valence-electron chi connectivity index (χ0n) is 14.7. The molecule has 0 N–H and O–H groups in total. The van der Waals surface area contributed by atoms with Gasteiger partial charge in [0.15, 0.2) is 0 Å². The van der Waals surface area contributed by atoms with Crippen LogP contribution in [0.25, 0.3) is 0 Å². The Morgan fingerprint density at radius 2 is 1.57 bits per heavy atom. The third-order valence-corrected chi connectivity index (χ3v) is 7.36. The molecule has 0 spiro atoms. The van der Waals surface area contributed by atoms with Gasteiger partial charge in [-0.15, -0.1) is 0 Å². The summed E-state index contributed by atoms with van der Waals surface area (Å²) in [6.07, 6.45) is 2.35. The quantitative estimate of drug-likeness (QED) is 0.435. The molecule has 0 atom stereocenters. The van der Waals surface area contributed by atoms with Crippen molar-refractivity contribution >= 4 is 8.56 Å². The lowest BCUT2D eigenvalue weighted by Crippen LogP contribution is -2.44. The first-order valence-corrected chi connectivity index (χ1v) is 10.5. The van der Waals surface area contributed by atoms with E-state index >= 15 is 0 Å². The standard InChI is InChI=1S/C18H32O2Si/c1-7-21(8-2,19-11-9-10-15(3)4)20-18-13-16(5)12-17(6)14-18/h12-15H,7-11H2,1-6H3. The first kappa shape index (κ1) is 18.2. The molecule has 1 rings (SSSR count). The normalized spacial score (nSPS) is 12.0. The summed E-state index contributed by atoms with van der Waals surface area (Å²) >= 11 is 0. The maximum Gasteiger partial charge on any atom is 0.398 e. The molecule has 0 aromatic heterocycles. The summed E-state index contributed by atoms with van der Waals surface area (Å²) in [6, 6.07) is 8.42. The highest BCUT2D eigenvalue weighted by Gasteiger charge is 2.35. The fourth-order valence-electron chi connectivity index (χ4n) is 2.58. The molecule has 0 bridgehead atoms. The molecule has 21 heavy (non-hydrogen) atoms. The van der Waals surface area contributed by atoms with Crippen molar-refractivity contribution in [1.29, 1.82) is 0 Å². The van der Waals surface area contributed by atoms with Gasteiger partial charge in [-0.2, -0.15) is 0 Å². The highest BCUT2D eigenvalue weighted by molar-refractivity contribution is 6.68. The SMILES string of the molecule is CC[Si](CC)(OCCCC(C)C)Oc1cc(C)cc(C)c1. The minimum atomic E-state index is -2.10. The molecule has 0 heterocycles. The Balaban J connectivity index is 2.70. The van der Waals surface area contributed by atoms with Crippen molar-refractivity contribution < 1.29 is 8.85 Å². The Morgan fingerprint density at radius 1 is 1.00 bits per heavy atom. The molecule has 0 radical (unpaired) electrons. The number of rotatable bonds is 9. The largest absolute Gasteiger partial charge is 0.520 e. The molecule has 0 saturated carbocycles. The predicted octanol–water partition coefficient (Wildman–Crippen LogP) is 5.62. The van der Waals surface area contributed by atoms with Gasteiger partial charge in [0.2, 0.25) is 0 Å². The van der Waals surface area contributed by atoms with E-state index in [1.54, 1.807) is 0 Å². The number of benzene rings is 1. The van der Waals surface area contributed by atoms with E-state index in [2.05, 4.69) is 59.7 Å². The van der Waals surface area contributed by atoms with E-state index in [4.69, 9.17) is 8.85 Å². The van der Waals surface area contributed by atoms with Crippen LogP contribution in [0.15, 0.2) is 18.2 Å². The van der Waals surface area contributed by atoms with Crippen LogP contribution in [0.2, 0.25) is 12.1 Å². The van der Waals surface area contributed by atoms with Gasteiger partial charge in [-0.1, -0.05) is 33.8 Å². The monoisotopic (exact) mass is 308 g/mol. The molecule has 0 aliphatic carbocycles. The average molecular weight is 309 g/mol. The summed E-state index contributed by atoms with van der Waals surface area (Å²) < 4.78 is 12.7. The maximum atomic E-state index is 6.39. The van der Waals surface area contributed by atoms with Crippen molar-refractivity contribution in [3.8, 4) is 5.75 Å². The van der Waals surface area contributed by atoms with E-state index in [0.29, 0.717) is 0 Å². The van der Waals surface area contributed by atoms with Gasteiger partial charge in [-0.05, 0) is 68.0 Å². The molecule has 0 unspecified atom stereocenters. The highest BCUT2D eigenvalue weighted by Crippen LogP contribution is 2.25. The van der Waals surface area contributed by atoms with Crippen molar-refractivity contribution in [2.45, 2.75) is 66.5 Å². The molecule has 0 aliphatic heterocycles. The minimum Gasteiger partial charge on any atom is -0.520 e. The summed E-state index contributed by atoms with van der Waals surface area (Å²) in [7, 11) is -2.10. The van der Waals surface area contributed by atoms with Crippen LogP contribution in [0.4, 0.5) is 0 Å². The second kappa shape index (κ2) is 8.59. The van der Waals surface area contributed by atoms with Gasteiger partial charge >= 0.3 is 8.56 Å². The Hall–Kier alpha value is -0.803. The molecular weight excluding hydrogens is 276 g/mol. The summed E-state index contributed by atoms with van der Waals surface area (Å²) in [4.78, 5) is 0. The molecule has 1 aromatic rings. The lowest BCUT2D eigenvalue weighted by molar-refractivity contribution is 0.227. The third-order valence-electron chi connectivity index (χ3n) is 3.87. The maximum absolute atomic E-state index is 6.39. The smallest absolute Gasteiger partial charge is 0.398 e. The zero-order chi connectivity index (χ0) is 15.9. The second-order valence-corrected chi connectivity index (χ2v) is 10.2. The zero-order valence-corrected chi connectivity index (χ0v) is 15.7. The van der Waals surface area contributed by atoms with Crippen molar-refractivity contribution in [2.24, 2.45) is 5.92 Å². The first-order chi connectivity index (χ1) is 9.90. The molecule has 3 heteroatoms. The van der Waals surface area contributed by atoms with Gasteiger partial charge in [0.25, 0.3) is 0 Å². The summed E-state index contributed by atoms with van der Waals surface area (Å²) in [6.45, 7) is 14.0. The average Bonchev–Trinajstić information content (AvgIpc) is 2.41. The Kier molecular flexibility index (Phi) is 7.47. The van der Waals surface area contributed by atoms with Gasteiger partial charge in [0, 0.05) is 6.61 Å². The molecule has 1 aromatic carbocycles. The van der Waals surface area contributed by atoms with Crippen LogP contribution in [0, 0.1) is 19.8 Å². The van der Waals surface area contributed by atoms with E-state index < -0.39 is 8.56 Å². The molecule has 0 saturated heterocycles. The minimum absolute atomic E-state index is 0.744. The molecular formula is C18H32O2Si. The van der Waals surface area contributed by atoms with Crippen LogP contribution >= 0.6 is 0 Å². The van der Waals surface area contributed by atoms with Crippen LogP contribution < -0.4 is 4.43 Å². The van der Waals surface area contributed by atoms with Crippen LogP contribution in [0.1, 0.15) is 51.7 Å². The molecule has 2 nitrogen and oxygen atoms in total. The van der Waals surface area contributed by atoms with Crippen molar-refractivity contribution in [3.63, 3.8) is 0 Å². The molecule has 0 fully saturated rings. The fourth-order valence-corrected chi connectivity index (χ4v) is 4.90. The highest BCUT2D eigenvalue weighted by atomic mass is 28.4. The Labute approximate surface area is 132 Å². The van der Waals surface area contributed by atoms with Gasteiger partial charge in [-0.3, -0.25) is 0 Å². The van der Waals surface area contributed by atoms with E-state index in [9.17, 15) is 0 Å². The number of aryl methyl sites for hydroxylation is 2. The summed E-state index contributed by atoms with van der Waals surface area (Å²) in [5.74, 6) is 1.72. The number of hydrogen-bond acceptors (Lipinski definition) is 2. The van der Waals surface area contributed by atoms with Crippen LogP contribution in [0.5, 0.6) is 5.75 Å². The first-order valence-electron chi connectivity index (χ1n) is 8.32. The lowest BCUT2D eigenvalue weighted by Gasteiger charge is -2.30. The third kappa shape index (κ3) is 6.23. The van der Waals surface area contributed by atoms with Crippen LogP contribution in [-0.2, 0) is 4.43 Å². The summed E-state index contributed by atoms with van der Waals surface area (Å²) in [5.41, 5.74) is 2.50.